The van der Waals surface area contributed by atoms with Gasteiger partial charge in [0.25, 0.3) is 0 Å². The van der Waals surface area contributed by atoms with Gasteiger partial charge >= 0.3 is 0 Å². The third-order valence-corrected chi connectivity index (χ3v) is 3.61. The van der Waals surface area contributed by atoms with Gasteiger partial charge in [0.15, 0.2) is 0 Å². The molecule has 0 saturated heterocycles. The van der Waals surface area contributed by atoms with E-state index in [-0.39, 0.29) is 0 Å². The standard InChI is InChI=1S/C13H13N3S/c1-16-9-10(8-15-16)7-14-12-2-3-13-11(6-12)4-5-17-13/h2-6,8-9,14H,7H2,1H3. The van der Waals surface area contributed by atoms with E-state index in [0.717, 1.165) is 12.2 Å². The van der Waals surface area contributed by atoms with Crippen molar-refractivity contribution >= 4 is 27.1 Å². The predicted octanol–water partition coefficient (Wildman–Crippen LogP) is 3.25. The topological polar surface area (TPSA) is 29.9 Å². The quantitative estimate of drug-likeness (QED) is 0.765. The maximum absolute atomic E-state index is 4.15. The van der Waals surface area contributed by atoms with Gasteiger partial charge in [0.05, 0.1) is 6.20 Å². The second kappa shape index (κ2) is 4.22. The Bertz CT molecular complexity index is 639. The lowest BCUT2D eigenvalue weighted by molar-refractivity contribution is 0.767. The molecule has 2 aromatic heterocycles. The van der Waals surface area contributed by atoms with E-state index in [1.165, 1.54) is 15.6 Å². The van der Waals surface area contributed by atoms with Gasteiger partial charge in [-0.05, 0) is 35.0 Å². The van der Waals surface area contributed by atoms with Gasteiger partial charge in [-0.15, -0.1) is 11.3 Å². The van der Waals surface area contributed by atoms with Gasteiger partial charge in [-0.3, -0.25) is 4.68 Å². The lowest BCUT2D eigenvalue weighted by Gasteiger charge is -2.04. The zero-order valence-corrected chi connectivity index (χ0v) is 10.4. The van der Waals surface area contributed by atoms with Crippen LogP contribution >= 0.6 is 11.3 Å². The highest BCUT2D eigenvalue weighted by atomic mass is 32.1. The minimum absolute atomic E-state index is 0.809. The fraction of sp³-hybridized carbons (Fsp3) is 0.154. The van der Waals surface area contributed by atoms with Crippen LogP contribution in [0.25, 0.3) is 10.1 Å². The fourth-order valence-corrected chi connectivity index (χ4v) is 2.61. The molecule has 0 amide bonds. The highest BCUT2D eigenvalue weighted by Gasteiger charge is 1.99. The summed E-state index contributed by atoms with van der Waals surface area (Å²) < 4.78 is 3.15. The van der Waals surface area contributed by atoms with E-state index in [1.54, 1.807) is 11.3 Å². The summed E-state index contributed by atoms with van der Waals surface area (Å²) in [5.74, 6) is 0. The number of rotatable bonds is 3. The summed E-state index contributed by atoms with van der Waals surface area (Å²) in [6.45, 7) is 0.809. The molecule has 1 N–H and O–H groups in total. The molecule has 1 aromatic carbocycles. The van der Waals surface area contributed by atoms with Crippen molar-refractivity contribution in [1.82, 2.24) is 9.78 Å². The number of hydrogen-bond donors (Lipinski definition) is 1. The number of nitrogens with zero attached hydrogens (tertiary/aromatic N) is 2. The van der Waals surface area contributed by atoms with Gasteiger partial charge in [-0.25, -0.2) is 0 Å². The molecule has 0 aliphatic rings. The van der Waals surface area contributed by atoms with Crippen molar-refractivity contribution in [3.63, 3.8) is 0 Å². The van der Waals surface area contributed by atoms with Crippen LogP contribution in [0.3, 0.4) is 0 Å². The first-order valence-corrected chi connectivity index (χ1v) is 6.38. The molecule has 0 spiro atoms. The molecule has 2 heterocycles. The normalized spacial score (nSPS) is 10.9. The minimum atomic E-state index is 0.809. The number of fused-ring (bicyclic) bond motifs is 1. The molecule has 0 saturated carbocycles. The first-order chi connectivity index (χ1) is 8.31. The number of anilines is 1. The Balaban J connectivity index is 1.76. The SMILES string of the molecule is Cn1cc(CNc2ccc3sccc3c2)cn1. The Labute approximate surface area is 104 Å². The van der Waals surface area contributed by atoms with Crippen molar-refractivity contribution in [1.29, 1.82) is 0 Å². The number of nitrogens with one attached hydrogen (secondary N) is 1. The van der Waals surface area contributed by atoms with Crippen molar-refractivity contribution in [2.24, 2.45) is 7.05 Å². The molecule has 0 atom stereocenters. The number of aromatic nitrogens is 2. The van der Waals surface area contributed by atoms with Crippen molar-refractivity contribution in [3.8, 4) is 0 Å². The summed E-state index contributed by atoms with van der Waals surface area (Å²) in [6, 6.07) is 8.61. The van der Waals surface area contributed by atoms with Crippen LogP contribution in [-0.2, 0) is 13.6 Å². The van der Waals surface area contributed by atoms with Crippen LogP contribution < -0.4 is 5.32 Å². The van der Waals surface area contributed by atoms with Gasteiger partial charge in [0.2, 0.25) is 0 Å². The molecule has 0 unspecified atom stereocenters. The van der Waals surface area contributed by atoms with Crippen LogP contribution in [-0.4, -0.2) is 9.78 Å². The number of aryl methyl sites for hydroxylation is 1. The monoisotopic (exact) mass is 243 g/mol. The highest BCUT2D eigenvalue weighted by molar-refractivity contribution is 7.17. The Morgan fingerprint density at radius 3 is 3.12 bits per heavy atom. The third kappa shape index (κ3) is 2.17. The molecular formula is C13H13N3S. The molecule has 0 aliphatic carbocycles. The van der Waals surface area contributed by atoms with Crippen molar-refractivity contribution in [3.05, 3.63) is 47.6 Å². The Morgan fingerprint density at radius 2 is 2.29 bits per heavy atom. The molecule has 0 aliphatic heterocycles. The molecule has 3 aromatic rings. The summed E-state index contributed by atoms with van der Waals surface area (Å²) in [5.41, 5.74) is 2.35. The van der Waals surface area contributed by atoms with Crippen molar-refractivity contribution in [2.75, 3.05) is 5.32 Å². The predicted molar refractivity (Wildman–Crippen MR) is 72.4 cm³/mol. The average molecular weight is 243 g/mol. The van der Waals surface area contributed by atoms with Gasteiger partial charge in [-0.2, -0.15) is 5.10 Å². The molecule has 4 heteroatoms. The van der Waals surface area contributed by atoms with E-state index in [4.69, 9.17) is 0 Å². The summed E-state index contributed by atoms with van der Waals surface area (Å²) >= 11 is 1.77. The smallest absolute Gasteiger partial charge is 0.0539 e. The van der Waals surface area contributed by atoms with Crippen LogP contribution in [0.1, 0.15) is 5.56 Å². The summed E-state index contributed by atoms with van der Waals surface area (Å²) in [6.07, 6.45) is 3.91. The van der Waals surface area contributed by atoms with E-state index in [2.05, 4.69) is 40.1 Å². The maximum atomic E-state index is 4.15. The fourth-order valence-electron chi connectivity index (χ4n) is 1.84. The minimum Gasteiger partial charge on any atom is -0.381 e. The van der Waals surface area contributed by atoms with Crippen LogP contribution in [0.5, 0.6) is 0 Å². The van der Waals surface area contributed by atoms with Gasteiger partial charge in [-0.1, -0.05) is 0 Å². The van der Waals surface area contributed by atoms with Gasteiger partial charge in [0, 0.05) is 35.7 Å². The van der Waals surface area contributed by atoms with Crippen LogP contribution in [0.2, 0.25) is 0 Å². The van der Waals surface area contributed by atoms with Crippen LogP contribution in [0.15, 0.2) is 42.0 Å². The molecule has 17 heavy (non-hydrogen) atoms. The van der Waals surface area contributed by atoms with Crippen molar-refractivity contribution in [2.45, 2.75) is 6.54 Å². The maximum Gasteiger partial charge on any atom is 0.0539 e. The van der Waals surface area contributed by atoms with E-state index in [1.807, 2.05) is 24.1 Å². The largest absolute Gasteiger partial charge is 0.381 e. The Hall–Kier alpha value is -1.81. The summed E-state index contributed by atoms with van der Waals surface area (Å²) in [4.78, 5) is 0. The van der Waals surface area contributed by atoms with Crippen LogP contribution in [0.4, 0.5) is 5.69 Å². The number of hydrogen-bond acceptors (Lipinski definition) is 3. The first kappa shape index (κ1) is 10.4. The second-order valence-electron chi connectivity index (χ2n) is 4.05. The van der Waals surface area contributed by atoms with Gasteiger partial charge < -0.3 is 5.32 Å². The van der Waals surface area contributed by atoms with E-state index in [9.17, 15) is 0 Å². The molecule has 86 valence electrons. The molecule has 3 nitrogen and oxygen atoms in total. The van der Waals surface area contributed by atoms with Crippen molar-refractivity contribution < 1.29 is 0 Å². The molecular weight excluding hydrogens is 230 g/mol. The second-order valence-corrected chi connectivity index (χ2v) is 5.00. The summed E-state index contributed by atoms with van der Waals surface area (Å²) in [7, 11) is 1.93. The number of thiophene rings is 1. The zero-order chi connectivity index (χ0) is 11.7. The lowest BCUT2D eigenvalue weighted by Crippen LogP contribution is -1.97. The van der Waals surface area contributed by atoms with E-state index in [0.29, 0.717) is 0 Å². The van der Waals surface area contributed by atoms with Gasteiger partial charge in [0.1, 0.15) is 0 Å². The Kier molecular flexibility index (Phi) is 2.57. The number of benzene rings is 1. The third-order valence-electron chi connectivity index (χ3n) is 2.71. The first-order valence-electron chi connectivity index (χ1n) is 5.50. The highest BCUT2D eigenvalue weighted by Crippen LogP contribution is 2.24. The van der Waals surface area contributed by atoms with E-state index >= 15 is 0 Å². The molecule has 3 rings (SSSR count). The molecule has 0 radical (unpaired) electrons. The van der Waals surface area contributed by atoms with Crippen LogP contribution in [0, 0.1) is 0 Å². The molecule has 0 fully saturated rings. The molecule has 0 bridgehead atoms. The lowest BCUT2D eigenvalue weighted by atomic mass is 10.2. The summed E-state index contributed by atoms with van der Waals surface area (Å²) in [5, 5.41) is 11.0. The van der Waals surface area contributed by atoms with E-state index < -0.39 is 0 Å². The zero-order valence-electron chi connectivity index (χ0n) is 9.55. The Morgan fingerprint density at radius 1 is 1.35 bits per heavy atom. The average Bonchev–Trinajstić information content (AvgIpc) is 2.94.